The van der Waals surface area contributed by atoms with Gasteiger partial charge in [0.05, 0.1) is 6.54 Å². The third kappa shape index (κ3) is 3.30. The number of rotatable bonds is 5. The van der Waals surface area contributed by atoms with E-state index in [1.165, 1.54) is 50.6 Å². The zero-order valence-electron chi connectivity index (χ0n) is 14.7. The fourth-order valence-electron chi connectivity index (χ4n) is 4.17. The van der Waals surface area contributed by atoms with Gasteiger partial charge in [0.25, 0.3) is 0 Å². The van der Waals surface area contributed by atoms with E-state index in [-0.39, 0.29) is 0 Å². The topological polar surface area (TPSA) is 54.2 Å². The second kappa shape index (κ2) is 6.45. The predicted molar refractivity (Wildman–Crippen MR) is 96.8 cm³/mol. The quantitative estimate of drug-likeness (QED) is 0.907. The van der Waals surface area contributed by atoms with Gasteiger partial charge in [-0.15, -0.1) is 0 Å². The van der Waals surface area contributed by atoms with Gasteiger partial charge in [-0.1, -0.05) is 11.2 Å². The average Bonchev–Trinajstić information content (AvgIpc) is 3.21. The predicted octanol–water partition coefficient (Wildman–Crippen LogP) is 3.19. The molecule has 5 rings (SSSR count). The molecule has 0 radical (unpaired) electrons. The van der Waals surface area contributed by atoms with Crippen LogP contribution in [0.1, 0.15) is 60.9 Å². The molecule has 1 N–H and O–H groups in total. The van der Waals surface area contributed by atoms with Crippen LogP contribution in [0.4, 0.5) is 5.69 Å². The summed E-state index contributed by atoms with van der Waals surface area (Å²) in [4.78, 5) is 7.04. The molecule has 0 atom stereocenters. The van der Waals surface area contributed by atoms with Crippen LogP contribution in [-0.4, -0.2) is 29.3 Å². The number of hydrogen-bond donors (Lipinski definition) is 1. The van der Waals surface area contributed by atoms with Gasteiger partial charge in [-0.25, -0.2) is 0 Å². The lowest BCUT2D eigenvalue weighted by Crippen LogP contribution is -2.42. The Bertz CT molecular complexity index is 744. The van der Waals surface area contributed by atoms with Crippen LogP contribution in [0, 0.1) is 0 Å². The van der Waals surface area contributed by atoms with Gasteiger partial charge in [-0.2, -0.15) is 4.98 Å². The van der Waals surface area contributed by atoms with Gasteiger partial charge in [0, 0.05) is 30.7 Å². The fraction of sp³-hybridized carbons (Fsp3) is 0.600. The lowest BCUT2D eigenvalue weighted by molar-refractivity contribution is 0.365. The number of aromatic nitrogens is 2. The first-order valence-corrected chi connectivity index (χ1v) is 9.78. The van der Waals surface area contributed by atoms with E-state index in [1.54, 1.807) is 11.1 Å². The summed E-state index contributed by atoms with van der Waals surface area (Å²) in [5.74, 6) is 2.18. The maximum atomic E-state index is 5.33. The maximum Gasteiger partial charge on any atom is 0.229 e. The number of piperidine rings is 1. The lowest BCUT2D eigenvalue weighted by atomic mass is 10.0. The fourth-order valence-corrected chi connectivity index (χ4v) is 4.17. The molecule has 25 heavy (non-hydrogen) atoms. The lowest BCUT2D eigenvalue weighted by Gasteiger charge is -2.34. The van der Waals surface area contributed by atoms with E-state index < -0.39 is 0 Å². The van der Waals surface area contributed by atoms with Gasteiger partial charge in [-0.3, -0.25) is 0 Å². The Morgan fingerprint density at radius 2 is 1.92 bits per heavy atom. The van der Waals surface area contributed by atoms with Gasteiger partial charge in [0.2, 0.25) is 5.89 Å². The Kier molecular flexibility index (Phi) is 3.97. The highest BCUT2D eigenvalue weighted by molar-refractivity contribution is 5.52. The van der Waals surface area contributed by atoms with Crippen LogP contribution in [0.25, 0.3) is 0 Å². The third-order valence-corrected chi connectivity index (χ3v) is 5.90. The van der Waals surface area contributed by atoms with E-state index in [0.29, 0.717) is 12.0 Å². The summed E-state index contributed by atoms with van der Waals surface area (Å²) in [6.07, 6.45) is 8.60. The molecule has 3 aliphatic rings. The normalized spacial score (nSPS) is 20.9. The second-order valence-corrected chi connectivity index (χ2v) is 7.77. The number of benzene rings is 1. The largest absolute Gasteiger partial charge is 0.371 e. The van der Waals surface area contributed by atoms with Gasteiger partial charge in [-0.05, 0) is 68.2 Å². The minimum Gasteiger partial charge on any atom is -0.371 e. The van der Waals surface area contributed by atoms with E-state index in [0.717, 1.165) is 31.3 Å². The molecule has 5 nitrogen and oxygen atoms in total. The highest BCUT2D eigenvalue weighted by atomic mass is 16.5. The van der Waals surface area contributed by atoms with Crippen LogP contribution in [0.3, 0.4) is 0 Å². The standard InChI is InChI=1S/C20H26N4O/c1-2-14-6-7-18(12-16(14)3-1)24-10-8-17(9-11-24)21-13-19-22-20(25-23-19)15-4-5-15/h6-7,12,15,17,21H,1-5,8-11,13H2. The molecule has 0 spiro atoms. The van der Waals surface area contributed by atoms with Gasteiger partial charge < -0.3 is 14.7 Å². The zero-order chi connectivity index (χ0) is 16.6. The Morgan fingerprint density at radius 1 is 1.08 bits per heavy atom. The van der Waals surface area contributed by atoms with Crippen LogP contribution in [0.5, 0.6) is 0 Å². The van der Waals surface area contributed by atoms with Crippen LogP contribution in [0.2, 0.25) is 0 Å². The Balaban J connectivity index is 1.13. The molecular weight excluding hydrogens is 312 g/mol. The molecule has 2 aromatic rings. The van der Waals surface area contributed by atoms with E-state index in [1.807, 2.05) is 0 Å². The number of nitrogens with one attached hydrogen (secondary N) is 1. The summed E-state index contributed by atoms with van der Waals surface area (Å²) >= 11 is 0. The summed E-state index contributed by atoms with van der Waals surface area (Å²) in [5, 5.41) is 7.71. The summed E-state index contributed by atoms with van der Waals surface area (Å²) in [6.45, 7) is 2.96. The van der Waals surface area contributed by atoms with Crippen molar-refractivity contribution in [2.45, 2.75) is 63.5 Å². The molecule has 0 bridgehead atoms. The summed E-state index contributed by atoms with van der Waals surface area (Å²) in [5.41, 5.74) is 4.54. The van der Waals surface area contributed by atoms with Crippen molar-refractivity contribution < 1.29 is 4.52 Å². The molecule has 1 aliphatic heterocycles. The number of fused-ring (bicyclic) bond motifs is 1. The van der Waals surface area contributed by atoms with Crippen LogP contribution in [-0.2, 0) is 19.4 Å². The van der Waals surface area contributed by atoms with Crippen molar-refractivity contribution >= 4 is 5.69 Å². The molecule has 1 aromatic heterocycles. The number of hydrogen-bond acceptors (Lipinski definition) is 5. The number of anilines is 1. The van der Waals surface area contributed by atoms with Gasteiger partial charge >= 0.3 is 0 Å². The van der Waals surface area contributed by atoms with E-state index >= 15 is 0 Å². The maximum absolute atomic E-state index is 5.33. The zero-order valence-corrected chi connectivity index (χ0v) is 14.7. The molecule has 2 fully saturated rings. The third-order valence-electron chi connectivity index (χ3n) is 5.90. The van der Waals surface area contributed by atoms with Crippen LogP contribution >= 0.6 is 0 Å². The first-order chi connectivity index (χ1) is 12.3. The van der Waals surface area contributed by atoms with Crippen LogP contribution < -0.4 is 10.2 Å². The molecule has 132 valence electrons. The van der Waals surface area contributed by atoms with Crippen LogP contribution in [0.15, 0.2) is 22.7 Å². The summed E-state index contributed by atoms with van der Waals surface area (Å²) in [7, 11) is 0. The van der Waals surface area contributed by atoms with Crippen molar-refractivity contribution in [3.05, 3.63) is 41.0 Å². The van der Waals surface area contributed by atoms with Gasteiger partial charge in [0.15, 0.2) is 5.82 Å². The first kappa shape index (κ1) is 15.4. The highest BCUT2D eigenvalue weighted by Gasteiger charge is 2.29. The van der Waals surface area contributed by atoms with Gasteiger partial charge in [0.1, 0.15) is 0 Å². The second-order valence-electron chi connectivity index (χ2n) is 7.77. The van der Waals surface area contributed by atoms with E-state index in [4.69, 9.17) is 4.52 Å². The molecule has 0 amide bonds. The summed E-state index contributed by atoms with van der Waals surface area (Å²) in [6, 6.07) is 7.63. The average molecular weight is 338 g/mol. The van der Waals surface area contributed by atoms with Crippen molar-refractivity contribution in [3.8, 4) is 0 Å². The molecule has 2 heterocycles. The van der Waals surface area contributed by atoms with E-state index in [9.17, 15) is 0 Å². The minimum absolute atomic E-state index is 0.539. The van der Waals surface area contributed by atoms with E-state index in [2.05, 4.69) is 38.6 Å². The number of nitrogens with zero attached hydrogens (tertiary/aromatic N) is 3. The molecule has 2 aliphatic carbocycles. The Labute approximate surface area is 148 Å². The molecule has 5 heteroatoms. The minimum atomic E-state index is 0.539. The molecule has 1 aromatic carbocycles. The molecule has 1 saturated carbocycles. The first-order valence-electron chi connectivity index (χ1n) is 9.78. The van der Waals surface area contributed by atoms with Crippen molar-refractivity contribution in [1.29, 1.82) is 0 Å². The van der Waals surface area contributed by atoms with Crippen molar-refractivity contribution in [3.63, 3.8) is 0 Å². The molecule has 0 unspecified atom stereocenters. The summed E-state index contributed by atoms with van der Waals surface area (Å²) < 4.78 is 5.33. The van der Waals surface area contributed by atoms with Crippen molar-refractivity contribution in [2.75, 3.05) is 18.0 Å². The molecular formula is C20H26N4O. The Morgan fingerprint density at radius 3 is 2.76 bits per heavy atom. The molecule has 1 saturated heterocycles. The van der Waals surface area contributed by atoms with Crippen molar-refractivity contribution in [1.82, 2.24) is 15.5 Å². The Hall–Kier alpha value is -1.88. The monoisotopic (exact) mass is 338 g/mol. The highest BCUT2D eigenvalue weighted by Crippen LogP contribution is 2.38. The van der Waals surface area contributed by atoms with Crippen molar-refractivity contribution in [2.24, 2.45) is 0 Å². The SMILES string of the molecule is c1cc2c(cc1N1CCC(NCc3noc(C4CC4)n3)CC1)CCC2. The smallest absolute Gasteiger partial charge is 0.229 e. The number of aryl methyl sites for hydroxylation is 2.